The number of oxazole rings is 1. The number of nitrogens with zero attached hydrogens (tertiary/aromatic N) is 1. The van der Waals surface area contributed by atoms with Crippen molar-refractivity contribution in [2.75, 3.05) is 7.11 Å². The fraction of sp³-hybridized carbons (Fsp3) is 0.222. The Labute approximate surface area is 93.9 Å². The molecular weight excluding hydrogens is 266 g/mol. The molecule has 0 fully saturated rings. The molecule has 0 radical (unpaired) electrons. The predicted octanol–water partition coefficient (Wildman–Crippen LogP) is 3.31. The second-order valence-electron chi connectivity index (χ2n) is 2.61. The van der Waals surface area contributed by atoms with Gasteiger partial charge in [-0.15, -0.1) is 11.3 Å². The van der Waals surface area contributed by atoms with Gasteiger partial charge in [-0.2, -0.15) is 0 Å². The molecule has 2 aromatic heterocycles. The molecule has 5 heteroatoms. The Hall–Kier alpha value is -0.810. The number of methoxy groups -OCH3 is 1. The molecule has 0 saturated heterocycles. The highest BCUT2D eigenvalue weighted by molar-refractivity contribution is 9.08. The van der Waals surface area contributed by atoms with Crippen molar-refractivity contribution in [3.8, 4) is 16.4 Å². The fourth-order valence-corrected chi connectivity index (χ4v) is 2.37. The zero-order valence-electron chi connectivity index (χ0n) is 7.49. The lowest BCUT2D eigenvalue weighted by molar-refractivity contribution is 0.416. The first kappa shape index (κ1) is 9.73. The molecule has 3 nitrogen and oxygen atoms in total. The lowest BCUT2D eigenvalue weighted by Crippen LogP contribution is -1.79. The van der Waals surface area contributed by atoms with E-state index < -0.39 is 0 Å². The SMILES string of the molecule is COc1csc(-c2ocnc2CBr)c1. The van der Waals surface area contributed by atoms with Gasteiger partial charge in [0.25, 0.3) is 0 Å². The molecule has 74 valence electrons. The summed E-state index contributed by atoms with van der Waals surface area (Å²) in [6.07, 6.45) is 1.46. The Bertz CT molecular complexity index is 424. The van der Waals surface area contributed by atoms with Crippen LogP contribution in [0.15, 0.2) is 22.3 Å². The van der Waals surface area contributed by atoms with Crippen LogP contribution in [0, 0.1) is 0 Å². The normalized spacial score (nSPS) is 10.4. The van der Waals surface area contributed by atoms with Crippen LogP contribution in [0.1, 0.15) is 5.69 Å². The summed E-state index contributed by atoms with van der Waals surface area (Å²) >= 11 is 4.94. The minimum absolute atomic E-state index is 0.694. The van der Waals surface area contributed by atoms with Crippen LogP contribution in [-0.2, 0) is 5.33 Å². The zero-order valence-corrected chi connectivity index (χ0v) is 9.89. The van der Waals surface area contributed by atoms with Crippen LogP contribution in [0.5, 0.6) is 5.75 Å². The van der Waals surface area contributed by atoms with E-state index in [-0.39, 0.29) is 0 Å². The van der Waals surface area contributed by atoms with Crippen molar-refractivity contribution in [2.24, 2.45) is 0 Å². The Morgan fingerprint density at radius 3 is 3.14 bits per heavy atom. The van der Waals surface area contributed by atoms with Gasteiger partial charge in [-0.1, -0.05) is 15.9 Å². The van der Waals surface area contributed by atoms with Crippen LogP contribution in [0.2, 0.25) is 0 Å². The number of halogens is 1. The molecule has 0 aliphatic heterocycles. The van der Waals surface area contributed by atoms with Crippen LogP contribution >= 0.6 is 27.3 Å². The molecule has 0 spiro atoms. The lowest BCUT2D eigenvalue weighted by Gasteiger charge is -1.92. The van der Waals surface area contributed by atoms with Crippen molar-refractivity contribution in [1.82, 2.24) is 4.98 Å². The summed E-state index contributed by atoms with van der Waals surface area (Å²) in [7, 11) is 1.65. The van der Waals surface area contributed by atoms with Gasteiger partial charge in [-0.3, -0.25) is 0 Å². The maximum Gasteiger partial charge on any atom is 0.181 e. The molecular formula is C9H8BrNO2S. The molecule has 0 aromatic carbocycles. The Balaban J connectivity index is 2.38. The highest BCUT2D eigenvalue weighted by Crippen LogP contribution is 2.33. The van der Waals surface area contributed by atoms with Crippen LogP contribution in [0.25, 0.3) is 10.6 Å². The van der Waals surface area contributed by atoms with Gasteiger partial charge in [0.15, 0.2) is 12.2 Å². The first-order valence-electron chi connectivity index (χ1n) is 3.96. The Morgan fingerprint density at radius 2 is 2.50 bits per heavy atom. The van der Waals surface area contributed by atoms with Gasteiger partial charge in [0.05, 0.1) is 17.7 Å². The number of rotatable bonds is 3. The van der Waals surface area contributed by atoms with Crippen molar-refractivity contribution in [3.05, 3.63) is 23.5 Å². The van der Waals surface area contributed by atoms with E-state index in [9.17, 15) is 0 Å². The summed E-state index contributed by atoms with van der Waals surface area (Å²) in [6.45, 7) is 0. The number of thiophene rings is 1. The quantitative estimate of drug-likeness (QED) is 0.805. The summed E-state index contributed by atoms with van der Waals surface area (Å²) in [4.78, 5) is 5.13. The van der Waals surface area contributed by atoms with Crippen molar-refractivity contribution in [3.63, 3.8) is 0 Å². The third-order valence-electron chi connectivity index (χ3n) is 1.80. The van der Waals surface area contributed by atoms with Gasteiger partial charge < -0.3 is 9.15 Å². The molecule has 0 amide bonds. The summed E-state index contributed by atoms with van der Waals surface area (Å²) in [5.41, 5.74) is 0.912. The van der Waals surface area contributed by atoms with Crippen LogP contribution in [0.4, 0.5) is 0 Å². The third kappa shape index (κ3) is 1.69. The molecule has 0 saturated carbocycles. The summed E-state index contributed by atoms with van der Waals surface area (Å²) in [5.74, 6) is 1.66. The topological polar surface area (TPSA) is 35.3 Å². The maximum absolute atomic E-state index is 5.31. The largest absolute Gasteiger partial charge is 0.496 e. The van der Waals surface area contributed by atoms with Gasteiger partial charge in [0.2, 0.25) is 0 Å². The summed E-state index contributed by atoms with van der Waals surface area (Å²) in [6, 6.07) is 1.94. The number of hydrogen-bond donors (Lipinski definition) is 0. The fourth-order valence-electron chi connectivity index (χ4n) is 1.11. The first-order valence-corrected chi connectivity index (χ1v) is 5.96. The minimum Gasteiger partial charge on any atom is -0.496 e. The first-order chi connectivity index (χ1) is 6.85. The molecule has 2 heterocycles. The average molecular weight is 274 g/mol. The monoisotopic (exact) mass is 273 g/mol. The molecule has 14 heavy (non-hydrogen) atoms. The van der Waals surface area contributed by atoms with E-state index in [1.54, 1.807) is 18.4 Å². The zero-order chi connectivity index (χ0) is 9.97. The second kappa shape index (κ2) is 4.14. The van der Waals surface area contributed by atoms with Gasteiger partial charge in [0.1, 0.15) is 5.75 Å². The van der Waals surface area contributed by atoms with Crippen molar-refractivity contribution < 1.29 is 9.15 Å². The van der Waals surface area contributed by atoms with E-state index in [1.165, 1.54) is 6.39 Å². The van der Waals surface area contributed by atoms with E-state index in [2.05, 4.69) is 20.9 Å². The smallest absolute Gasteiger partial charge is 0.181 e. The molecule has 0 atom stereocenters. The summed E-state index contributed by atoms with van der Waals surface area (Å²) < 4.78 is 10.4. The molecule has 0 bridgehead atoms. The second-order valence-corrected chi connectivity index (χ2v) is 4.08. The van der Waals surface area contributed by atoms with Crippen molar-refractivity contribution >= 4 is 27.3 Å². The molecule has 0 unspecified atom stereocenters. The minimum atomic E-state index is 0.694. The number of ether oxygens (including phenoxy) is 1. The van der Waals surface area contributed by atoms with Gasteiger partial charge in [-0.25, -0.2) is 4.98 Å². The predicted molar refractivity (Wildman–Crippen MR) is 59.0 cm³/mol. The number of alkyl halides is 1. The summed E-state index contributed by atoms with van der Waals surface area (Å²) in [5, 5.41) is 2.63. The third-order valence-corrected chi connectivity index (χ3v) is 3.24. The number of hydrogen-bond acceptors (Lipinski definition) is 4. The average Bonchev–Trinajstić information content (AvgIpc) is 2.85. The van der Waals surface area contributed by atoms with Crippen molar-refractivity contribution in [1.29, 1.82) is 0 Å². The maximum atomic E-state index is 5.31. The standard InChI is InChI=1S/C9H8BrNO2S/c1-12-6-2-8(14-4-6)9-7(3-10)11-5-13-9/h2,4-5H,3H2,1H3. The van der Waals surface area contributed by atoms with Gasteiger partial charge in [-0.05, 0) is 0 Å². The van der Waals surface area contributed by atoms with Gasteiger partial charge >= 0.3 is 0 Å². The van der Waals surface area contributed by atoms with E-state index >= 15 is 0 Å². The number of aromatic nitrogens is 1. The van der Waals surface area contributed by atoms with E-state index in [0.29, 0.717) is 5.33 Å². The van der Waals surface area contributed by atoms with Crippen LogP contribution in [-0.4, -0.2) is 12.1 Å². The Kier molecular flexibility index (Phi) is 2.88. The van der Waals surface area contributed by atoms with Crippen LogP contribution in [0.3, 0.4) is 0 Å². The molecule has 0 aliphatic rings. The highest BCUT2D eigenvalue weighted by atomic mass is 79.9. The van der Waals surface area contributed by atoms with E-state index in [0.717, 1.165) is 22.1 Å². The van der Waals surface area contributed by atoms with Gasteiger partial charge in [0, 0.05) is 16.8 Å². The van der Waals surface area contributed by atoms with Crippen LogP contribution < -0.4 is 4.74 Å². The molecule has 0 N–H and O–H groups in total. The highest BCUT2D eigenvalue weighted by Gasteiger charge is 2.11. The molecule has 0 aliphatic carbocycles. The lowest BCUT2D eigenvalue weighted by atomic mass is 10.3. The molecule has 2 aromatic rings. The Morgan fingerprint density at radius 1 is 1.64 bits per heavy atom. The van der Waals surface area contributed by atoms with E-state index in [4.69, 9.17) is 9.15 Å². The van der Waals surface area contributed by atoms with E-state index in [1.807, 2.05) is 11.4 Å². The molecule has 2 rings (SSSR count). The van der Waals surface area contributed by atoms with Crippen molar-refractivity contribution in [2.45, 2.75) is 5.33 Å².